The Morgan fingerprint density at radius 3 is 2.08 bits per heavy atom. The van der Waals surface area contributed by atoms with Crippen molar-refractivity contribution in [3.8, 4) is 6.01 Å². The van der Waals surface area contributed by atoms with Gasteiger partial charge in [0.1, 0.15) is 0 Å². The third-order valence-corrected chi connectivity index (χ3v) is 12.1. The zero-order valence-corrected chi connectivity index (χ0v) is 29.3. The smallest absolute Gasteiger partial charge is 0.422 e. The molecule has 2 amide bonds. The Morgan fingerprint density at radius 2 is 1.48 bits per heavy atom. The lowest BCUT2D eigenvalue weighted by Crippen LogP contribution is -2.41. The Morgan fingerprint density at radius 1 is 0.846 bits per heavy atom. The van der Waals surface area contributed by atoms with Gasteiger partial charge in [0, 0.05) is 35.3 Å². The van der Waals surface area contributed by atoms with Gasteiger partial charge in [0.25, 0.3) is 11.8 Å². The lowest BCUT2D eigenvalue weighted by Gasteiger charge is -2.25. The van der Waals surface area contributed by atoms with E-state index in [1.807, 2.05) is 0 Å². The van der Waals surface area contributed by atoms with Crippen molar-refractivity contribution in [3.63, 3.8) is 0 Å². The average Bonchev–Trinajstić information content (AvgIpc) is 3.97. The number of ether oxygens (including phenoxy) is 1. The van der Waals surface area contributed by atoms with E-state index in [9.17, 15) is 31.2 Å². The highest BCUT2D eigenvalue weighted by atomic mass is 32.2. The molecule has 0 atom stereocenters. The van der Waals surface area contributed by atoms with Gasteiger partial charge in [0.2, 0.25) is 21.9 Å². The van der Waals surface area contributed by atoms with Gasteiger partial charge in [0.05, 0.1) is 10.8 Å². The maximum atomic E-state index is 13.0. The van der Waals surface area contributed by atoms with Gasteiger partial charge in [-0.05, 0) is 106 Å². The molecule has 0 radical (unpaired) electrons. The maximum absolute atomic E-state index is 13.0. The predicted octanol–water partition coefficient (Wildman–Crippen LogP) is 4.88. The Bertz CT molecular complexity index is 1890. The highest BCUT2D eigenvalue weighted by Crippen LogP contribution is 2.48. The van der Waals surface area contributed by atoms with Crippen molar-refractivity contribution in [2.75, 3.05) is 43.4 Å². The van der Waals surface area contributed by atoms with Crippen LogP contribution in [0.5, 0.6) is 6.01 Å². The van der Waals surface area contributed by atoms with Gasteiger partial charge in [0.15, 0.2) is 6.61 Å². The van der Waals surface area contributed by atoms with E-state index in [0.29, 0.717) is 43.5 Å². The molecule has 2 heterocycles. The number of aromatic nitrogens is 3. The van der Waals surface area contributed by atoms with Crippen molar-refractivity contribution in [1.82, 2.24) is 29.9 Å². The molecule has 278 valence electrons. The summed E-state index contributed by atoms with van der Waals surface area (Å²) in [4.78, 5) is 40.5. The fourth-order valence-electron chi connectivity index (χ4n) is 6.58. The van der Waals surface area contributed by atoms with Crippen LogP contribution >= 0.6 is 0 Å². The monoisotopic (exact) mass is 742 g/mol. The van der Waals surface area contributed by atoms with Crippen LogP contribution in [0.25, 0.3) is 0 Å². The first-order valence-corrected chi connectivity index (χ1v) is 19.1. The topological polar surface area (TPSA) is 168 Å². The van der Waals surface area contributed by atoms with Gasteiger partial charge in [-0.15, -0.1) is 0 Å². The van der Waals surface area contributed by atoms with E-state index in [4.69, 9.17) is 4.74 Å². The van der Waals surface area contributed by atoms with Crippen LogP contribution in [0.2, 0.25) is 0 Å². The normalized spacial score (nSPS) is 19.3. The molecule has 3 saturated carbocycles. The van der Waals surface area contributed by atoms with Crippen LogP contribution in [0.4, 0.5) is 30.8 Å². The van der Waals surface area contributed by atoms with E-state index in [2.05, 4.69) is 40.5 Å². The number of alkyl halides is 3. The van der Waals surface area contributed by atoms with Crippen molar-refractivity contribution < 1.29 is 35.9 Å². The van der Waals surface area contributed by atoms with E-state index in [1.54, 1.807) is 36.4 Å². The molecule has 4 fully saturated rings. The van der Waals surface area contributed by atoms with E-state index < -0.39 is 45.5 Å². The second-order valence-electron chi connectivity index (χ2n) is 14.4. The number of nitrogens with one attached hydrogen (secondary N) is 4. The quantitative estimate of drug-likeness (QED) is 0.168. The number of likely N-dealkylation sites (tertiary alicyclic amines) is 1. The summed E-state index contributed by atoms with van der Waals surface area (Å²) in [7, 11) is -3.74. The zero-order chi connectivity index (χ0) is 36.6. The van der Waals surface area contributed by atoms with Crippen LogP contribution in [0.1, 0.15) is 84.1 Å². The number of anilines is 3. The standard InChI is InChI=1S/C35H41F3N8O5S/c36-35(37,38)22-51-32-42-30(40-26-12-8-23(9-13-26)28(47)39-20-33(14-15-33)21-46-18-1-2-19-46)41-31(43-32)44-34(16-17-34)25-10-6-24(7-11-25)29(48)45-52(49,50)27-4-3-5-27/h6-13,27H,1-5,14-22H2,(H,39,47)(H,45,48)(H2,40,41,42,43,44). The first-order valence-electron chi connectivity index (χ1n) is 17.6. The molecule has 1 saturated heterocycles. The minimum Gasteiger partial charge on any atom is -0.454 e. The van der Waals surface area contributed by atoms with Gasteiger partial charge in [-0.25, -0.2) is 13.1 Å². The van der Waals surface area contributed by atoms with Gasteiger partial charge in [-0.3, -0.25) is 9.59 Å². The summed E-state index contributed by atoms with van der Waals surface area (Å²) in [6, 6.07) is 12.4. The number of benzene rings is 2. The molecule has 4 aliphatic rings. The highest BCUT2D eigenvalue weighted by Gasteiger charge is 2.46. The number of hydrogen-bond donors (Lipinski definition) is 4. The van der Waals surface area contributed by atoms with Gasteiger partial charge >= 0.3 is 12.2 Å². The number of sulfonamides is 1. The molecule has 1 aromatic heterocycles. The second-order valence-corrected chi connectivity index (χ2v) is 16.3. The minimum absolute atomic E-state index is 0.0421. The molecule has 0 unspecified atom stereocenters. The summed E-state index contributed by atoms with van der Waals surface area (Å²) in [5.41, 5.74) is 1.33. The Labute approximate surface area is 299 Å². The zero-order valence-electron chi connectivity index (χ0n) is 28.5. The number of nitrogens with zero attached hydrogens (tertiary/aromatic N) is 4. The van der Waals surface area contributed by atoms with E-state index >= 15 is 0 Å². The average molecular weight is 743 g/mol. The molecule has 52 heavy (non-hydrogen) atoms. The van der Waals surface area contributed by atoms with Crippen LogP contribution in [0, 0.1) is 5.41 Å². The molecule has 1 aliphatic heterocycles. The third-order valence-electron chi connectivity index (χ3n) is 10.2. The van der Waals surface area contributed by atoms with E-state index in [1.165, 1.54) is 25.0 Å². The van der Waals surface area contributed by atoms with Gasteiger partial charge in [-0.2, -0.15) is 28.1 Å². The predicted molar refractivity (Wildman–Crippen MR) is 186 cm³/mol. The molecule has 3 aliphatic carbocycles. The van der Waals surface area contributed by atoms with E-state index in [-0.39, 0.29) is 28.8 Å². The summed E-state index contributed by atoms with van der Waals surface area (Å²) in [5.74, 6) is -1.03. The minimum atomic E-state index is -4.62. The first-order chi connectivity index (χ1) is 24.8. The lowest BCUT2D eigenvalue weighted by atomic mass is 10.0. The van der Waals surface area contributed by atoms with E-state index in [0.717, 1.165) is 44.5 Å². The molecule has 4 N–H and O–H groups in total. The lowest BCUT2D eigenvalue weighted by molar-refractivity contribution is -0.154. The van der Waals surface area contributed by atoms with Crippen molar-refractivity contribution in [3.05, 3.63) is 65.2 Å². The Hall–Kier alpha value is -4.51. The Balaban J connectivity index is 1.01. The largest absolute Gasteiger partial charge is 0.454 e. The summed E-state index contributed by atoms with van der Waals surface area (Å²) >= 11 is 0. The van der Waals surface area contributed by atoms with Gasteiger partial charge < -0.3 is 25.6 Å². The number of rotatable bonds is 15. The molecule has 2 aromatic carbocycles. The van der Waals surface area contributed by atoms with Crippen LogP contribution in [0.15, 0.2) is 48.5 Å². The fraction of sp³-hybridized carbons (Fsp3) is 0.514. The number of carbonyl (C=O) groups excluding carboxylic acids is 2. The molecule has 0 bridgehead atoms. The molecule has 0 spiro atoms. The van der Waals surface area contributed by atoms with Crippen LogP contribution in [0.3, 0.4) is 0 Å². The van der Waals surface area contributed by atoms with Crippen molar-refractivity contribution in [2.45, 2.75) is 74.8 Å². The van der Waals surface area contributed by atoms with Gasteiger partial charge in [-0.1, -0.05) is 18.6 Å². The summed E-state index contributed by atoms with van der Waals surface area (Å²) in [6.45, 7) is 2.26. The molecular formula is C35H41F3N8O5S. The van der Waals surface area contributed by atoms with Crippen LogP contribution < -0.4 is 25.4 Å². The summed E-state index contributed by atoms with van der Waals surface area (Å²) in [6.07, 6.45) is 3.15. The van der Waals surface area contributed by atoms with Crippen molar-refractivity contribution >= 4 is 39.4 Å². The summed E-state index contributed by atoms with van der Waals surface area (Å²) in [5, 5.41) is 8.67. The Kier molecular flexibility index (Phi) is 9.75. The second kappa shape index (κ2) is 14.1. The maximum Gasteiger partial charge on any atom is 0.422 e. The molecule has 13 nitrogen and oxygen atoms in total. The molecular weight excluding hydrogens is 701 g/mol. The SMILES string of the molecule is O=C(NCC1(CN2CCCC2)CC1)c1ccc(Nc2nc(NC3(c4ccc(C(=O)NS(=O)(=O)C5CCC5)cc4)CC3)nc(OCC(F)(F)F)n2)cc1. The number of carbonyl (C=O) groups is 2. The fourth-order valence-corrected chi connectivity index (χ4v) is 8.08. The third kappa shape index (κ3) is 8.74. The molecule has 7 rings (SSSR count). The van der Waals surface area contributed by atoms with Crippen LogP contribution in [-0.2, 0) is 15.6 Å². The number of amides is 2. The van der Waals surface area contributed by atoms with Crippen molar-refractivity contribution in [2.24, 2.45) is 5.41 Å². The number of hydrogen-bond acceptors (Lipinski definition) is 11. The number of halogens is 3. The summed E-state index contributed by atoms with van der Waals surface area (Å²) < 4.78 is 70.9. The van der Waals surface area contributed by atoms with Crippen LogP contribution in [-0.4, -0.2) is 84.3 Å². The van der Waals surface area contributed by atoms with Crippen molar-refractivity contribution in [1.29, 1.82) is 0 Å². The molecule has 17 heteroatoms. The first kappa shape index (κ1) is 35.9. The highest BCUT2D eigenvalue weighted by molar-refractivity contribution is 7.90. The molecule has 3 aromatic rings.